The van der Waals surface area contributed by atoms with E-state index in [9.17, 15) is 9.18 Å². The molecule has 0 bridgehead atoms. The van der Waals surface area contributed by atoms with Crippen LogP contribution in [0.15, 0.2) is 46.0 Å². The quantitative estimate of drug-likeness (QED) is 0.667. The van der Waals surface area contributed by atoms with Gasteiger partial charge in [-0.15, -0.1) is 10.2 Å². The lowest BCUT2D eigenvalue weighted by Gasteiger charge is -2.05. The summed E-state index contributed by atoms with van der Waals surface area (Å²) in [6.45, 7) is 5.83. The van der Waals surface area contributed by atoms with Crippen LogP contribution in [0.1, 0.15) is 16.7 Å². The van der Waals surface area contributed by atoms with Gasteiger partial charge in [-0.05, 0) is 61.7 Å². The number of benzene rings is 2. The molecule has 0 radical (unpaired) electrons. The third kappa shape index (κ3) is 4.29. The molecule has 7 heteroatoms. The summed E-state index contributed by atoms with van der Waals surface area (Å²) in [6, 6.07) is 10.5. The second-order valence-electron chi connectivity index (χ2n) is 5.99. The summed E-state index contributed by atoms with van der Waals surface area (Å²) in [5.74, 6) is -0.357. The number of aryl methyl sites for hydroxylation is 3. The first-order valence-corrected chi connectivity index (χ1v) is 9.01. The zero-order chi connectivity index (χ0) is 18.7. The fourth-order valence-corrected chi connectivity index (χ4v) is 2.86. The third-order valence-corrected chi connectivity index (χ3v) is 4.70. The van der Waals surface area contributed by atoms with Gasteiger partial charge in [-0.2, -0.15) is 0 Å². The fourth-order valence-electron chi connectivity index (χ4n) is 2.29. The Labute approximate surface area is 155 Å². The SMILES string of the molecule is Cc1ccc(NC(=O)CSc2nnc(-c3ccc(C)c(C)c3)o2)c(F)c1. The number of hydrogen-bond acceptors (Lipinski definition) is 5. The Kier molecular flexibility index (Phi) is 5.37. The molecule has 0 fully saturated rings. The Hall–Kier alpha value is -2.67. The summed E-state index contributed by atoms with van der Waals surface area (Å²) in [7, 11) is 0. The van der Waals surface area contributed by atoms with E-state index in [-0.39, 0.29) is 22.6 Å². The van der Waals surface area contributed by atoms with Crippen molar-refractivity contribution in [1.82, 2.24) is 10.2 Å². The van der Waals surface area contributed by atoms with Crippen LogP contribution in [0.5, 0.6) is 0 Å². The van der Waals surface area contributed by atoms with E-state index in [1.54, 1.807) is 13.0 Å². The van der Waals surface area contributed by atoms with Crippen molar-refractivity contribution in [2.45, 2.75) is 26.0 Å². The first-order chi connectivity index (χ1) is 12.4. The van der Waals surface area contributed by atoms with Crippen LogP contribution in [0.25, 0.3) is 11.5 Å². The number of thioether (sulfide) groups is 1. The van der Waals surface area contributed by atoms with Gasteiger partial charge in [0.15, 0.2) is 0 Å². The number of nitrogens with zero attached hydrogens (tertiary/aromatic N) is 2. The van der Waals surface area contributed by atoms with Crippen molar-refractivity contribution in [2.24, 2.45) is 0 Å². The summed E-state index contributed by atoms with van der Waals surface area (Å²) in [4.78, 5) is 12.0. The highest BCUT2D eigenvalue weighted by Crippen LogP contribution is 2.25. The number of aromatic nitrogens is 2. The smallest absolute Gasteiger partial charge is 0.277 e. The van der Waals surface area contributed by atoms with Crippen molar-refractivity contribution in [3.8, 4) is 11.5 Å². The van der Waals surface area contributed by atoms with E-state index in [0.717, 1.165) is 28.5 Å². The number of anilines is 1. The van der Waals surface area contributed by atoms with E-state index in [2.05, 4.69) is 15.5 Å². The minimum atomic E-state index is -0.460. The molecule has 1 amide bonds. The van der Waals surface area contributed by atoms with Crippen LogP contribution in [0.4, 0.5) is 10.1 Å². The van der Waals surface area contributed by atoms with Crippen molar-refractivity contribution < 1.29 is 13.6 Å². The molecule has 1 heterocycles. The van der Waals surface area contributed by atoms with Gasteiger partial charge in [0, 0.05) is 5.56 Å². The van der Waals surface area contributed by atoms with Crippen LogP contribution < -0.4 is 5.32 Å². The molecule has 1 N–H and O–H groups in total. The van der Waals surface area contributed by atoms with Crippen LogP contribution in [0.2, 0.25) is 0 Å². The molecule has 1 aromatic heterocycles. The second-order valence-corrected chi connectivity index (χ2v) is 6.92. The van der Waals surface area contributed by atoms with E-state index in [1.807, 2.05) is 32.0 Å². The second kappa shape index (κ2) is 7.70. The molecule has 0 aliphatic rings. The van der Waals surface area contributed by atoms with Crippen LogP contribution in [-0.4, -0.2) is 21.9 Å². The molecule has 134 valence electrons. The average molecular weight is 371 g/mol. The van der Waals surface area contributed by atoms with Gasteiger partial charge in [0.2, 0.25) is 11.8 Å². The maximum Gasteiger partial charge on any atom is 0.277 e. The summed E-state index contributed by atoms with van der Waals surface area (Å²) >= 11 is 1.10. The van der Waals surface area contributed by atoms with E-state index < -0.39 is 5.82 Å². The molecule has 0 aliphatic heterocycles. The Morgan fingerprint density at radius 3 is 2.65 bits per heavy atom. The van der Waals surface area contributed by atoms with E-state index >= 15 is 0 Å². The lowest BCUT2D eigenvalue weighted by Crippen LogP contribution is -2.15. The predicted octanol–water partition coefficient (Wildman–Crippen LogP) is 4.53. The molecule has 3 rings (SSSR count). The van der Waals surface area contributed by atoms with Gasteiger partial charge in [0.05, 0.1) is 11.4 Å². The van der Waals surface area contributed by atoms with Crippen molar-refractivity contribution in [1.29, 1.82) is 0 Å². The lowest BCUT2D eigenvalue weighted by atomic mass is 10.1. The molecule has 0 saturated heterocycles. The van der Waals surface area contributed by atoms with Gasteiger partial charge in [-0.25, -0.2) is 4.39 Å². The molecule has 0 aliphatic carbocycles. The molecule has 2 aromatic carbocycles. The highest BCUT2D eigenvalue weighted by molar-refractivity contribution is 7.99. The van der Waals surface area contributed by atoms with Crippen molar-refractivity contribution in [2.75, 3.05) is 11.1 Å². The maximum atomic E-state index is 13.8. The number of carbonyl (C=O) groups is 1. The average Bonchev–Trinajstić information content (AvgIpc) is 3.07. The lowest BCUT2D eigenvalue weighted by molar-refractivity contribution is -0.113. The molecule has 5 nitrogen and oxygen atoms in total. The molecule has 0 atom stereocenters. The van der Waals surface area contributed by atoms with E-state index in [1.165, 1.54) is 17.7 Å². The first-order valence-electron chi connectivity index (χ1n) is 8.02. The highest BCUT2D eigenvalue weighted by atomic mass is 32.2. The minimum Gasteiger partial charge on any atom is -0.411 e. The largest absolute Gasteiger partial charge is 0.411 e. The summed E-state index contributed by atoms with van der Waals surface area (Å²) < 4.78 is 19.4. The van der Waals surface area contributed by atoms with E-state index in [4.69, 9.17) is 4.42 Å². The van der Waals surface area contributed by atoms with Gasteiger partial charge in [-0.3, -0.25) is 4.79 Å². The van der Waals surface area contributed by atoms with Crippen molar-refractivity contribution in [3.05, 3.63) is 58.9 Å². The first kappa shape index (κ1) is 18.1. The molecule has 0 saturated carbocycles. The van der Waals surface area contributed by atoms with Gasteiger partial charge in [0.25, 0.3) is 5.22 Å². The minimum absolute atomic E-state index is 0.0435. The van der Waals surface area contributed by atoms with Gasteiger partial charge < -0.3 is 9.73 Å². The Morgan fingerprint density at radius 2 is 1.92 bits per heavy atom. The fraction of sp³-hybridized carbons (Fsp3) is 0.211. The van der Waals surface area contributed by atoms with E-state index in [0.29, 0.717) is 5.89 Å². The predicted molar refractivity (Wildman–Crippen MR) is 99.7 cm³/mol. The van der Waals surface area contributed by atoms with Crippen LogP contribution in [-0.2, 0) is 4.79 Å². The van der Waals surface area contributed by atoms with Crippen LogP contribution in [0, 0.1) is 26.6 Å². The molecule has 0 unspecified atom stereocenters. The molecular weight excluding hydrogens is 353 g/mol. The van der Waals surface area contributed by atoms with Gasteiger partial charge in [-0.1, -0.05) is 23.9 Å². The summed E-state index contributed by atoms with van der Waals surface area (Å²) in [5.41, 5.74) is 4.10. The maximum absolute atomic E-state index is 13.8. The number of amides is 1. The summed E-state index contributed by atoms with van der Waals surface area (Å²) in [6.07, 6.45) is 0. The Morgan fingerprint density at radius 1 is 1.12 bits per heavy atom. The summed E-state index contributed by atoms with van der Waals surface area (Å²) in [5, 5.41) is 10.8. The zero-order valence-electron chi connectivity index (χ0n) is 14.7. The number of rotatable bonds is 5. The standard InChI is InChI=1S/C19H18FN3O2S/c1-11-4-7-16(15(20)8-11)21-17(24)10-26-19-23-22-18(25-19)14-6-5-12(2)13(3)9-14/h4-9H,10H2,1-3H3,(H,21,24). The molecule has 3 aromatic rings. The molecular formula is C19H18FN3O2S. The van der Waals surface area contributed by atoms with Crippen molar-refractivity contribution >= 4 is 23.4 Å². The monoisotopic (exact) mass is 371 g/mol. The van der Waals surface area contributed by atoms with Crippen molar-refractivity contribution in [3.63, 3.8) is 0 Å². The highest BCUT2D eigenvalue weighted by Gasteiger charge is 2.13. The Balaban J connectivity index is 1.60. The van der Waals surface area contributed by atoms with Gasteiger partial charge >= 0.3 is 0 Å². The van der Waals surface area contributed by atoms with Gasteiger partial charge in [0.1, 0.15) is 5.82 Å². The zero-order valence-corrected chi connectivity index (χ0v) is 15.5. The number of halogens is 1. The molecule has 0 spiro atoms. The third-order valence-electron chi connectivity index (χ3n) is 3.89. The molecule has 26 heavy (non-hydrogen) atoms. The topological polar surface area (TPSA) is 68.0 Å². The van der Waals surface area contributed by atoms with Crippen LogP contribution in [0.3, 0.4) is 0 Å². The number of carbonyl (C=O) groups excluding carboxylic acids is 1. The Bertz CT molecular complexity index is 956. The normalized spacial score (nSPS) is 10.8. The number of hydrogen-bond donors (Lipinski definition) is 1. The van der Waals surface area contributed by atoms with Crippen LogP contribution >= 0.6 is 11.8 Å². The number of nitrogens with one attached hydrogen (secondary N) is 1.